The molecule has 1 aromatic carbocycles. The number of carbonyl (C=O) groups is 1. The van der Waals surface area contributed by atoms with Gasteiger partial charge >= 0.3 is 0 Å². The maximum atomic E-state index is 11.9. The molecule has 23 heavy (non-hydrogen) atoms. The first-order chi connectivity index (χ1) is 11.2. The van der Waals surface area contributed by atoms with Crippen molar-refractivity contribution in [2.24, 2.45) is 5.10 Å². The molecule has 2 heterocycles. The number of aromatic nitrogens is 2. The number of halogens is 1. The summed E-state index contributed by atoms with van der Waals surface area (Å²) in [4.78, 5) is 15.8. The number of hydrazone groups is 1. The Balaban J connectivity index is 1.73. The van der Waals surface area contributed by atoms with Crippen molar-refractivity contribution in [1.82, 2.24) is 15.0 Å². The molecule has 0 radical (unpaired) electrons. The van der Waals surface area contributed by atoms with Crippen LogP contribution in [0.3, 0.4) is 0 Å². The molecule has 0 fully saturated rings. The highest BCUT2D eigenvalue weighted by Crippen LogP contribution is 2.15. The average molecular weight is 325 g/mol. The number of pyridine rings is 1. The van der Waals surface area contributed by atoms with Crippen LogP contribution in [0.4, 0.5) is 0 Å². The van der Waals surface area contributed by atoms with Gasteiger partial charge in [0.2, 0.25) is 0 Å². The molecule has 114 valence electrons. The quantitative estimate of drug-likeness (QED) is 0.591. The van der Waals surface area contributed by atoms with E-state index in [1.807, 2.05) is 47.2 Å². The van der Waals surface area contributed by atoms with Crippen LogP contribution in [0.25, 0.3) is 5.69 Å². The van der Waals surface area contributed by atoms with Crippen molar-refractivity contribution < 1.29 is 4.79 Å². The van der Waals surface area contributed by atoms with Gasteiger partial charge in [-0.2, -0.15) is 5.10 Å². The van der Waals surface area contributed by atoms with Crippen molar-refractivity contribution in [3.8, 4) is 5.69 Å². The van der Waals surface area contributed by atoms with Gasteiger partial charge in [-0.15, -0.1) is 0 Å². The molecular formula is C17H13ClN4O. The lowest BCUT2D eigenvalue weighted by molar-refractivity contribution is 0.0955. The van der Waals surface area contributed by atoms with Crippen molar-refractivity contribution in [3.05, 3.63) is 83.4 Å². The van der Waals surface area contributed by atoms with E-state index in [4.69, 9.17) is 11.6 Å². The first-order valence-corrected chi connectivity index (χ1v) is 7.28. The monoisotopic (exact) mass is 324 g/mol. The Hall–Kier alpha value is -2.92. The molecule has 5 nitrogen and oxygen atoms in total. The molecule has 0 atom stereocenters. The highest BCUT2D eigenvalue weighted by Gasteiger charge is 2.04. The van der Waals surface area contributed by atoms with Crippen molar-refractivity contribution in [3.63, 3.8) is 0 Å². The van der Waals surface area contributed by atoms with E-state index in [2.05, 4.69) is 15.5 Å². The fraction of sp³-hybridized carbons (Fsp3) is 0. The second kappa shape index (κ2) is 6.89. The first-order valence-electron chi connectivity index (χ1n) is 6.91. The lowest BCUT2D eigenvalue weighted by atomic mass is 10.3. The van der Waals surface area contributed by atoms with Gasteiger partial charge in [0.1, 0.15) is 0 Å². The van der Waals surface area contributed by atoms with E-state index >= 15 is 0 Å². The minimum absolute atomic E-state index is 0.284. The zero-order valence-electron chi connectivity index (χ0n) is 12.1. The van der Waals surface area contributed by atoms with Gasteiger partial charge in [0.15, 0.2) is 0 Å². The lowest BCUT2D eigenvalue weighted by Gasteiger charge is -2.06. The van der Waals surface area contributed by atoms with Gasteiger partial charge in [0.05, 0.1) is 11.9 Å². The zero-order valence-corrected chi connectivity index (χ0v) is 12.8. The van der Waals surface area contributed by atoms with Gasteiger partial charge in [0.25, 0.3) is 5.91 Å². The van der Waals surface area contributed by atoms with Gasteiger partial charge in [-0.3, -0.25) is 9.78 Å². The van der Waals surface area contributed by atoms with Crippen LogP contribution in [0, 0.1) is 0 Å². The topological polar surface area (TPSA) is 59.3 Å². The number of benzene rings is 1. The normalized spacial score (nSPS) is 10.8. The van der Waals surface area contributed by atoms with Crippen molar-refractivity contribution in [1.29, 1.82) is 0 Å². The third-order valence-electron chi connectivity index (χ3n) is 3.19. The van der Waals surface area contributed by atoms with Crippen LogP contribution in [0.15, 0.2) is 72.2 Å². The molecule has 0 unspecified atom stereocenters. The summed E-state index contributed by atoms with van der Waals surface area (Å²) in [6, 6.07) is 14.5. The van der Waals surface area contributed by atoms with Crippen molar-refractivity contribution in [2.45, 2.75) is 0 Å². The summed E-state index contributed by atoms with van der Waals surface area (Å²) in [5.41, 5.74) is 4.79. The van der Waals surface area contributed by atoms with Gasteiger partial charge < -0.3 is 4.57 Å². The largest absolute Gasteiger partial charge is 0.316 e. The van der Waals surface area contributed by atoms with Crippen LogP contribution in [0.1, 0.15) is 16.1 Å². The standard InChI is InChI=1S/C17H13ClN4O/c18-14-3-5-15(6-4-14)22-11-1-2-16(22)12-20-21-17(23)13-7-9-19-10-8-13/h1-12H,(H,21,23)/b20-12-. The van der Waals surface area contributed by atoms with Crippen LogP contribution in [0.5, 0.6) is 0 Å². The summed E-state index contributed by atoms with van der Waals surface area (Å²) in [7, 11) is 0. The molecule has 0 aliphatic rings. The van der Waals surface area contributed by atoms with Crippen LogP contribution in [0.2, 0.25) is 5.02 Å². The molecule has 1 amide bonds. The summed E-state index contributed by atoms with van der Waals surface area (Å²) in [5.74, 6) is -0.284. The Morgan fingerprint density at radius 2 is 1.87 bits per heavy atom. The predicted molar refractivity (Wildman–Crippen MR) is 90.1 cm³/mol. The van der Waals surface area contributed by atoms with E-state index < -0.39 is 0 Å². The molecule has 2 aromatic heterocycles. The molecule has 3 aromatic rings. The molecule has 3 rings (SSSR count). The fourth-order valence-electron chi connectivity index (χ4n) is 2.06. The van der Waals surface area contributed by atoms with Crippen LogP contribution in [-0.4, -0.2) is 21.7 Å². The van der Waals surface area contributed by atoms with E-state index in [1.54, 1.807) is 30.7 Å². The molecule has 0 bridgehead atoms. The van der Waals surface area contributed by atoms with Crippen LogP contribution < -0.4 is 5.43 Å². The summed E-state index contributed by atoms with van der Waals surface area (Å²) >= 11 is 5.90. The highest BCUT2D eigenvalue weighted by molar-refractivity contribution is 6.30. The Bertz CT molecular complexity index is 825. The number of nitrogens with one attached hydrogen (secondary N) is 1. The van der Waals surface area contributed by atoms with Crippen molar-refractivity contribution >= 4 is 23.7 Å². The van der Waals surface area contributed by atoms with Crippen LogP contribution >= 0.6 is 11.6 Å². The Morgan fingerprint density at radius 1 is 1.13 bits per heavy atom. The van der Waals surface area contributed by atoms with E-state index in [1.165, 1.54) is 0 Å². The SMILES string of the molecule is O=C(N/N=C\c1cccn1-c1ccc(Cl)cc1)c1ccncc1. The first kappa shape index (κ1) is 15.0. The molecule has 0 aliphatic carbocycles. The third kappa shape index (κ3) is 3.64. The summed E-state index contributed by atoms with van der Waals surface area (Å²) in [6.45, 7) is 0. The van der Waals surface area contributed by atoms with E-state index in [0.29, 0.717) is 10.6 Å². The predicted octanol–water partition coefficient (Wildman–Crippen LogP) is 3.29. The number of rotatable bonds is 4. The summed E-state index contributed by atoms with van der Waals surface area (Å²) in [6.07, 6.45) is 6.62. The minimum atomic E-state index is -0.284. The average Bonchev–Trinajstić information content (AvgIpc) is 3.05. The van der Waals surface area contributed by atoms with Gasteiger partial charge in [-0.25, -0.2) is 5.43 Å². The van der Waals surface area contributed by atoms with E-state index in [9.17, 15) is 4.79 Å². The fourth-order valence-corrected chi connectivity index (χ4v) is 2.19. The second-order valence-corrected chi connectivity index (χ2v) is 5.15. The van der Waals surface area contributed by atoms with Gasteiger partial charge in [-0.05, 0) is 48.5 Å². The Morgan fingerprint density at radius 3 is 2.61 bits per heavy atom. The maximum Gasteiger partial charge on any atom is 0.271 e. The second-order valence-electron chi connectivity index (χ2n) is 4.71. The lowest BCUT2D eigenvalue weighted by Crippen LogP contribution is -2.17. The molecular weight excluding hydrogens is 312 g/mol. The molecule has 6 heteroatoms. The maximum absolute atomic E-state index is 11.9. The number of carbonyl (C=O) groups excluding carboxylic acids is 1. The Labute approximate surface area is 138 Å². The number of amides is 1. The van der Waals surface area contributed by atoms with E-state index in [0.717, 1.165) is 11.4 Å². The smallest absolute Gasteiger partial charge is 0.271 e. The highest BCUT2D eigenvalue weighted by atomic mass is 35.5. The molecule has 0 saturated carbocycles. The summed E-state index contributed by atoms with van der Waals surface area (Å²) in [5, 5.41) is 4.68. The minimum Gasteiger partial charge on any atom is -0.316 e. The molecule has 1 N–H and O–H groups in total. The molecule has 0 saturated heterocycles. The summed E-state index contributed by atoms with van der Waals surface area (Å²) < 4.78 is 1.94. The number of hydrogen-bond donors (Lipinski definition) is 1. The van der Waals surface area contributed by atoms with E-state index in [-0.39, 0.29) is 5.91 Å². The van der Waals surface area contributed by atoms with Gasteiger partial charge in [-0.1, -0.05) is 11.6 Å². The molecule has 0 aliphatic heterocycles. The number of nitrogens with zero attached hydrogens (tertiary/aromatic N) is 3. The zero-order chi connectivity index (χ0) is 16.1. The number of hydrogen-bond acceptors (Lipinski definition) is 3. The third-order valence-corrected chi connectivity index (χ3v) is 3.44. The van der Waals surface area contributed by atoms with Gasteiger partial charge in [0, 0.05) is 34.9 Å². The molecule has 0 spiro atoms. The Kier molecular flexibility index (Phi) is 4.49. The van der Waals surface area contributed by atoms with Crippen LogP contribution in [-0.2, 0) is 0 Å². The van der Waals surface area contributed by atoms with Crippen molar-refractivity contribution in [2.75, 3.05) is 0 Å².